The second-order valence-electron chi connectivity index (χ2n) is 5.23. The normalized spacial score (nSPS) is 17.2. The van der Waals surface area contributed by atoms with Crippen LogP contribution in [0.1, 0.15) is 40.5 Å². The second-order valence-corrected chi connectivity index (χ2v) is 5.23. The van der Waals surface area contributed by atoms with Crippen molar-refractivity contribution < 1.29 is 9.53 Å². The van der Waals surface area contributed by atoms with E-state index in [4.69, 9.17) is 4.74 Å². The van der Waals surface area contributed by atoms with Gasteiger partial charge in [0.1, 0.15) is 5.60 Å². The zero-order valence-electron chi connectivity index (χ0n) is 10.5. The van der Waals surface area contributed by atoms with Gasteiger partial charge in [-0.2, -0.15) is 0 Å². The topological polar surface area (TPSA) is 50.4 Å². The zero-order valence-corrected chi connectivity index (χ0v) is 11.3. The highest BCUT2D eigenvalue weighted by Gasteiger charge is 2.22. The number of hydrogen-bond acceptors (Lipinski definition) is 3. The molecule has 0 heterocycles. The van der Waals surface area contributed by atoms with Crippen LogP contribution in [0.5, 0.6) is 0 Å². The Labute approximate surface area is 104 Å². The summed E-state index contributed by atoms with van der Waals surface area (Å²) in [5.74, 6) is 0. The van der Waals surface area contributed by atoms with Crippen molar-refractivity contribution in [1.82, 2.24) is 10.6 Å². The molecule has 1 rings (SSSR count). The molecule has 0 bridgehead atoms. The van der Waals surface area contributed by atoms with Crippen molar-refractivity contribution in [3.05, 3.63) is 0 Å². The van der Waals surface area contributed by atoms with E-state index < -0.39 is 5.60 Å². The number of amides is 1. The first-order chi connectivity index (χ1) is 6.87. The molecule has 2 N–H and O–H groups in total. The highest BCUT2D eigenvalue weighted by atomic mass is 35.5. The van der Waals surface area contributed by atoms with Crippen LogP contribution >= 0.6 is 12.4 Å². The van der Waals surface area contributed by atoms with Crippen molar-refractivity contribution >= 4 is 18.5 Å². The lowest BCUT2D eigenvalue weighted by Crippen LogP contribution is -2.43. The van der Waals surface area contributed by atoms with Crippen LogP contribution in [0.15, 0.2) is 0 Å². The summed E-state index contributed by atoms with van der Waals surface area (Å²) in [5, 5.41) is 6.15. The number of hydrogen-bond donors (Lipinski definition) is 2. The molecule has 1 atom stereocenters. The number of carbonyl (C=O) groups is 1. The Morgan fingerprint density at radius 3 is 2.44 bits per heavy atom. The van der Waals surface area contributed by atoms with E-state index in [1.54, 1.807) is 0 Å². The molecule has 0 saturated heterocycles. The maximum Gasteiger partial charge on any atom is 0.407 e. The van der Waals surface area contributed by atoms with Gasteiger partial charge in [-0.15, -0.1) is 12.4 Å². The number of carbonyl (C=O) groups excluding carboxylic acids is 1. The number of halogens is 1. The van der Waals surface area contributed by atoms with Crippen LogP contribution in [-0.2, 0) is 4.74 Å². The first-order valence-electron chi connectivity index (χ1n) is 5.60. The first kappa shape index (κ1) is 15.5. The van der Waals surface area contributed by atoms with Gasteiger partial charge < -0.3 is 15.4 Å². The van der Waals surface area contributed by atoms with Gasteiger partial charge in [-0.05, 0) is 40.5 Å². The Kier molecular flexibility index (Phi) is 6.11. The molecular formula is C11H23ClN2O2. The average molecular weight is 251 g/mol. The molecule has 1 aliphatic carbocycles. The number of ether oxygens (including phenoxy) is 1. The smallest absolute Gasteiger partial charge is 0.407 e. The van der Waals surface area contributed by atoms with Crippen LogP contribution in [0.3, 0.4) is 0 Å². The third kappa shape index (κ3) is 7.77. The molecule has 96 valence electrons. The molecule has 0 aromatic carbocycles. The molecule has 0 unspecified atom stereocenters. The van der Waals surface area contributed by atoms with Gasteiger partial charge in [0.2, 0.25) is 0 Å². The van der Waals surface area contributed by atoms with Gasteiger partial charge in [-0.25, -0.2) is 4.79 Å². The summed E-state index contributed by atoms with van der Waals surface area (Å²) < 4.78 is 5.15. The molecule has 0 aromatic heterocycles. The lowest BCUT2D eigenvalue weighted by atomic mass is 10.2. The SMILES string of the molecule is C[C@H](CNC1CC1)NC(=O)OC(C)(C)C.Cl. The largest absolute Gasteiger partial charge is 0.444 e. The van der Waals surface area contributed by atoms with Gasteiger partial charge in [0.25, 0.3) is 0 Å². The second kappa shape index (κ2) is 6.30. The maximum absolute atomic E-state index is 11.4. The van der Waals surface area contributed by atoms with Crippen molar-refractivity contribution in [1.29, 1.82) is 0 Å². The summed E-state index contributed by atoms with van der Waals surface area (Å²) in [6, 6.07) is 0.785. The third-order valence-electron chi connectivity index (χ3n) is 2.05. The fourth-order valence-electron chi connectivity index (χ4n) is 1.19. The molecule has 0 aromatic rings. The molecule has 0 aliphatic heterocycles. The highest BCUT2D eigenvalue weighted by molar-refractivity contribution is 5.85. The van der Waals surface area contributed by atoms with Crippen molar-refractivity contribution in [2.75, 3.05) is 6.54 Å². The summed E-state index contributed by atoms with van der Waals surface area (Å²) >= 11 is 0. The Balaban J connectivity index is 0.00000225. The Morgan fingerprint density at radius 2 is 2.00 bits per heavy atom. The van der Waals surface area contributed by atoms with Crippen LogP contribution in [0.4, 0.5) is 4.79 Å². The number of alkyl carbamates (subject to hydrolysis) is 1. The Bertz CT molecular complexity index is 225. The summed E-state index contributed by atoms with van der Waals surface area (Å²) in [6.07, 6.45) is 2.19. The fraction of sp³-hybridized carbons (Fsp3) is 0.909. The predicted octanol–water partition coefficient (Wildman–Crippen LogP) is 2.07. The van der Waals surface area contributed by atoms with Crippen LogP contribution in [0.2, 0.25) is 0 Å². The average Bonchev–Trinajstić information content (AvgIpc) is 2.79. The van der Waals surface area contributed by atoms with E-state index in [0.717, 1.165) is 6.54 Å². The van der Waals surface area contributed by atoms with Gasteiger partial charge in [0.05, 0.1) is 0 Å². The quantitative estimate of drug-likeness (QED) is 0.803. The standard InChI is InChI=1S/C11H22N2O2.ClH/c1-8(7-12-9-5-6-9)13-10(14)15-11(2,3)4;/h8-9,12H,5-7H2,1-4H3,(H,13,14);1H/t8-;/m1./s1. The highest BCUT2D eigenvalue weighted by Crippen LogP contribution is 2.18. The van der Waals surface area contributed by atoms with E-state index >= 15 is 0 Å². The third-order valence-corrected chi connectivity index (χ3v) is 2.05. The molecule has 16 heavy (non-hydrogen) atoms. The molecule has 1 amide bonds. The van der Waals surface area contributed by atoms with Gasteiger partial charge in [0.15, 0.2) is 0 Å². The Hall–Kier alpha value is -0.480. The lowest BCUT2D eigenvalue weighted by molar-refractivity contribution is 0.0508. The van der Waals surface area contributed by atoms with Crippen molar-refractivity contribution in [3.63, 3.8) is 0 Å². The van der Waals surface area contributed by atoms with Crippen LogP contribution < -0.4 is 10.6 Å². The van der Waals surface area contributed by atoms with Gasteiger partial charge in [-0.3, -0.25) is 0 Å². The summed E-state index contributed by atoms with van der Waals surface area (Å²) in [5.41, 5.74) is -0.423. The van der Waals surface area contributed by atoms with E-state index in [2.05, 4.69) is 10.6 Å². The minimum atomic E-state index is -0.423. The summed E-state index contributed by atoms with van der Waals surface area (Å²) in [6.45, 7) is 8.36. The molecule has 0 radical (unpaired) electrons. The van der Waals surface area contributed by atoms with Crippen molar-refractivity contribution in [2.45, 2.75) is 58.2 Å². The van der Waals surface area contributed by atoms with Crippen molar-refractivity contribution in [3.8, 4) is 0 Å². The molecule has 1 fully saturated rings. The molecular weight excluding hydrogens is 228 g/mol. The minimum absolute atomic E-state index is 0. The fourth-order valence-corrected chi connectivity index (χ4v) is 1.19. The Morgan fingerprint density at radius 1 is 1.44 bits per heavy atom. The monoisotopic (exact) mass is 250 g/mol. The van der Waals surface area contributed by atoms with Crippen molar-refractivity contribution in [2.24, 2.45) is 0 Å². The van der Waals surface area contributed by atoms with Gasteiger partial charge in [-0.1, -0.05) is 0 Å². The van der Waals surface area contributed by atoms with Crippen LogP contribution in [0, 0.1) is 0 Å². The van der Waals surface area contributed by atoms with E-state index in [9.17, 15) is 4.79 Å². The molecule has 0 spiro atoms. The minimum Gasteiger partial charge on any atom is -0.444 e. The van der Waals surface area contributed by atoms with E-state index in [0.29, 0.717) is 6.04 Å². The van der Waals surface area contributed by atoms with Crippen LogP contribution in [0.25, 0.3) is 0 Å². The molecule has 1 saturated carbocycles. The molecule has 4 nitrogen and oxygen atoms in total. The molecule has 5 heteroatoms. The van der Waals surface area contributed by atoms with Gasteiger partial charge in [0, 0.05) is 18.6 Å². The van der Waals surface area contributed by atoms with E-state index in [1.165, 1.54) is 12.8 Å². The first-order valence-corrected chi connectivity index (χ1v) is 5.60. The van der Waals surface area contributed by atoms with Crippen LogP contribution in [-0.4, -0.2) is 30.3 Å². The van der Waals surface area contributed by atoms with E-state index in [-0.39, 0.29) is 24.5 Å². The summed E-state index contributed by atoms with van der Waals surface area (Å²) in [7, 11) is 0. The summed E-state index contributed by atoms with van der Waals surface area (Å²) in [4.78, 5) is 11.4. The van der Waals surface area contributed by atoms with Gasteiger partial charge >= 0.3 is 6.09 Å². The molecule has 1 aliphatic rings. The predicted molar refractivity (Wildman–Crippen MR) is 67.1 cm³/mol. The zero-order chi connectivity index (χ0) is 11.5. The lowest BCUT2D eigenvalue weighted by Gasteiger charge is -2.22. The number of rotatable bonds is 4. The van der Waals surface area contributed by atoms with E-state index in [1.807, 2.05) is 27.7 Å². The maximum atomic E-state index is 11.4. The number of nitrogens with one attached hydrogen (secondary N) is 2.